The van der Waals surface area contributed by atoms with Crippen LogP contribution in [0, 0.1) is 0 Å². The molecule has 1 unspecified atom stereocenters. The quantitative estimate of drug-likeness (QED) is 0.160. The zero-order chi connectivity index (χ0) is 24.1. The Bertz CT molecular complexity index is 1770. The van der Waals surface area contributed by atoms with Crippen molar-refractivity contribution in [2.75, 3.05) is 0 Å². The second kappa shape index (κ2) is 8.33. The van der Waals surface area contributed by atoms with E-state index < -0.39 is 4.32 Å². The molecular formula is C35H23Br. The summed E-state index contributed by atoms with van der Waals surface area (Å²) in [4.78, 5) is 0. The van der Waals surface area contributed by atoms with Gasteiger partial charge in [-0.2, -0.15) is 0 Å². The highest BCUT2D eigenvalue weighted by Crippen LogP contribution is 2.62. The Morgan fingerprint density at radius 3 is 1.47 bits per heavy atom. The van der Waals surface area contributed by atoms with Gasteiger partial charge in [0.05, 0.1) is 0 Å². The first-order chi connectivity index (χ1) is 17.8. The van der Waals surface area contributed by atoms with Crippen molar-refractivity contribution in [1.29, 1.82) is 0 Å². The van der Waals surface area contributed by atoms with Crippen molar-refractivity contribution < 1.29 is 0 Å². The number of alkyl halides is 1. The Kier molecular flexibility index (Phi) is 4.94. The van der Waals surface area contributed by atoms with Gasteiger partial charge >= 0.3 is 0 Å². The van der Waals surface area contributed by atoms with Gasteiger partial charge in [0.25, 0.3) is 0 Å². The maximum Gasteiger partial charge on any atom is 0.103 e. The van der Waals surface area contributed by atoms with E-state index in [1.807, 2.05) is 0 Å². The van der Waals surface area contributed by atoms with Crippen molar-refractivity contribution >= 4 is 48.6 Å². The van der Waals surface area contributed by atoms with E-state index in [2.05, 4.69) is 155 Å². The van der Waals surface area contributed by atoms with Crippen LogP contribution in [0.25, 0.3) is 32.7 Å². The van der Waals surface area contributed by atoms with Crippen molar-refractivity contribution in [3.63, 3.8) is 0 Å². The van der Waals surface area contributed by atoms with Gasteiger partial charge in [0.2, 0.25) is 0 Å². The number of halogens is 1. The molecule has 1 aliphatic rings. The molecule has 170 valence electrons. The van der Waals surface area contributed by atoms with Crippen LogP contribution in [0.2, 0.25) is 0 Å². The van der Waals surface area contributed by atoms with Gasteiger partial charge in [0.1, 0.15) is 4.32 Å². The maximum absolute atomic E-state index is 4.44. The van der Waals surface area contributed by atoms with Crippen LogP contribution >= 0.6 is 15.9 Å². The molecule has 0 heterocycles. The van der Waals surface area contributed by atoms with E-state index in [0.717, 1.165) is 0 Å². The van der Waals surface area contributed by atoms with Gasteiger partial charge in [-0.3, -0.25) is 0 Å². The van der Waals surface area contributed by atoms with Crippen molar-refractivity contribution in [2.24, 2.45) is 0 Å². The van der Waals surface area contributed by atoms with Crippen molar-refractivity contribution in [3.8, 4) is 0 Å². The van der Waals surface area contributed by atoms with Crippen LogP contribution < -0.4 is 0 Å². The Morgan fingerprint density at radius 2 is 0.861 bits per heavy atom. The summed E-state index contributed by atoms with van der Waals surface area (Å²) in [6, 6.07) is 50.4. The van der Waals surface area contributed by atoms with Gasteiger partial charge in [0.15, 0.2) is 0 Å². The van der Waals surface area contributed by atoms with Crippen molar-refractivity contribution in [2.45, 2.75) is 4.32 Å². The Balaban J connectivity index is 1.77. The highest BCUT2D eigenvalue weighted by Gasteiger charge is 2.47. The topological polar surface area (TPSA) is 0 Å². The summed E-state index contributed by atoms with van der Waals surface area (Å²) in [5.74, 6) is 0. The molecule has 0 radical (unpaired) electrons. The number of allylic oxidation sites excluding steroid dienone is 1. The highest BCUT2D eigenvalue weighted by molar-refractivity contribution is 9.10. The molecule has 0 nitrogen and oxygen atoms in total. The molecule has 6 aromatic rings. The summed E-state index contributed by atoms with van der Waals surface area (Å²) in [7, 11) is 0. The van der Waals surface area contributed by atoms with Crippen LogP contribution in [-0.4, -0.2) is 0 Å². The van der Waals surface area contributed by atoms with Crippen LogP contribution in [0.3, 0.4) is 0 Å². The first-order valence-electron chi connectivity index (χ1n) is 12.3. The first kappa shape index (κ1) is 21.4. The van der Waals surface area contributed by atoms with Gasteiger partial charge in [-0.1, -0.05) is 155 Å². The van der Waals surface area contributed by atoms with Crippen molar-refractivity contribution in [1.82, 2.24) is 0 Å². The third-order valence-corrected chi connectivity index (χ3v) is 8.67. The molecule has 0 amide bonds. The van der Waals surface area contributed by atoms with Crippen LogP contribution in [0.4, 0.5) is 0 Å². The third kappa shape index (κ3) is 3.00. The Hall–Kier alpha value is -3.94. The van der Waals surface area contributed by atoms with Crippen LogP contribution in [0.15, 0.2) is 140 Å². The average molecular weight is 523 g/mol. The second-order valence-corrected chi connectivity index (χ2v) is 10.5. The molecule has 1 aliphatic carbocycles. The molecule has 0 bridgehead atoms. The first-order valence-corrected chi connectivity index (χ1v) is 13.1. The predicted octanol–water partition coefficient (Wildman–Crippen LogP) is 9.60. The molecule has 36 heavy (non-hydrogen) atoms. The molecule has 1 atom stereocenters. The van der Waals surface area contributed by atoms with E-state index in [-0.39, 0.29) is 0 Å². The zero-order valence-electron chi connectivity index (χ0n) is 19.7. The maximum atomic E-state index is 4.44. The lowest BCUT2D eigenvalue weighted by Crippen LogP contribution is -2.20. The van der Waals surface area contributed by atoms with E-state index in [4.69, 9.17) is 0 Å². The zero-order valence-corrected chi connectivity index (χ0v) is 21.2. The van der Waals surface area contributed by atoms with Gasteiger partial charge < -0.3 is 0 Å². The molecule has 0 saturated heterocycles. The van der Waals surface area contributed by atoms with Gasteiger partial charge in [-0.25, -0.2) is 0 Å². The normalized spacial score (nSPS) is 17.0. The molecule has 0 N–H and O–H groups in total. The fourth-order valence-corrected chi connectivity index (χ4v) is 7.08. The summed E-state index contributed by atoms with van der Waals surface area (Å²) in [5, 5.41) is 5.15. The van der Waals surface area contributed by atoms with Crippen LogP contribution in [0.5, 0.6) is 0 Å². The van der Waals surface area contributed by atoms with E-state index in [1.165, 1.54) is 60.5 Å². The van der Waals surface area contributed by atoms with Crippen LogP contribution in [0.1, 0.15) is 27.8 Å². The van der Waals surface area contributed by atoms with Gasteiger partial charge in [-0.15, -0.1) is 0 Å². The second-order valence-electron chi connectivity index (χ2n) is 9.35. The van der Waals surface area contributed by atoms with Crippen LogP contribution in [-0.2, 0) is 4.32 Å². The molecule has 1 heteroatoms. The average Bonchev–Trinajstić information content (AvgIpc) is 3.25. The van der Waals surface area contributed by atoms with E-state index >= 15 is 0 Å². The third-order valence-electron chi connectivity index (χ3n) is 7.42. The number of fused-ring (bicyclic) bond motifs is 6. The minimum atomic E-state index is -0.514. The Labute approximate surface area is 219 Å². The summed E-state index contributed by atoms with van der Waals surface area (Å²) >= 11 is 4.44. The molecule has 0 fully saturated rings. The fraction of sp³-hybridized carbons (Fsp3) is 0.0286. The highest BCUT2D eigenvalue weighted by atomic mass is 79.9. The summed E-state index contributed by atoms with van der Waals surface area (Å²) in [6.45, 7) is 0. The van der Waals surface area contributed by atoms with E-state index in [0.29, 0.717) is 0 Å². The molecule has 7 rings (SSSR count). The SMILES string of the molecule is BrC1(c2ccccc2)C(c2ccccc2)=C(c2ccccc2)c2c1c1ccccc1c1ccccc21. The minimum absolute atomic E-state index is 0.514. The van der Waals surface area contributed by atoms with E-state index in [9.17, 15) is 0 Å². The smallest absolute Gasteiger partial charge is 0.0695 e. The predicted molar refractivity (Wildman–Crippen MR) is 156 cm³/mol. The summed E-state index contributed by atoms with van der Waals surface area (Å²) in [6.07, 6.45) is 0. The lowest BCUT2D eigenvalue weighted by atomic mass is 9.82. The molecule has 0 aliphatic heterocycles. The largest absolute Gasteiger partial charge is 0.103 e. The lowest BCUT2D eigenvalue weighted by molar-refractivity contribution is 1.02. The molecule has 0 spiro atoms. The molecule has 0 saturated carbocycles. The standard InChI is InChI=1S/C35H23Br/c36-35(26-18-8-3-9-19-26)33(25-16-6-2-7-17-25)31(24-14-4-1-5-15-24)32-29-22-12-10-20-27(29)28-21-11-13-23-30(28)34(32)35/h1-23H. The molecular weight excluding hydrogens is 500 g/mol. The summed E-state index contributed by atoms with van der Waals surface area (Å²) in [5.41, 5.74) is 8.90. The van der Waals surface area contributed by atoms with Crippen molar-refractivity contribution in [3.05, 3.63) is 167 Å². The Morgan fingerprint density at radius 1 is 0.417 bits per heavy atom. The number of benzene rings is 6. The van der Waals surface area contributed by atoms with Gasteiger partial charge in [0, 0.05) is 0 Å². The minimum Gasteiger partial charge on any atom is -0.0695 e. The number of hydrogen-bond donors (Lipinski definition) is 0. The monoisotopic (exact) mass is 522 g/mol. The number of hydrogen-bond acceptors (Lipinski definition) is 0. The fourth-order valence-electron chi connectivity index (χ4n) is 5.98. The molecule has 0 aromatic heterocycles. The summed E-state index contributed by atoms with van der Waals surface area (Å²) < 4.78 is -0.514. The lowest BCUT2D eigenvalue weighted by Gasteiger charge is -2.30. The van der Waals surface area contributed by atoms with E-state index in [1.54, 1.807) is 0 Å². The van der Waals surface area contributed by atoms with Gasteiger partial charge in [-0.05, 0) is 60.5 Å². The molecule has 6 aromatic carbocycles. The number of rotatable bonds is 3.